The Kier molecular flexibility index (Phi) is 4.63. The largest absolute Gasteiger partial charge is 0.508 e. The Hall–Kier alpha value is -2.01. The Morgan fingerprint density at radius 2 is 2.05 bits per heavy atom. The van der Waals surface area contributed by atoms with Crippen molar-refractivity contribution in [1.29, 1.82) is 0 Å². The zero-order valence-electron chi connectivity index (χ0n) is 10.9. The van der Waals surface area contributed by atoms with Crippen molar-refractivity contribution in [3.8, 4) is 11.5 Å². The van der Waals surface area contributed by atoms with Gasteiger partial charge in [0.25, 0.3) is 5.91 Å². The zero-order chi connectivity index (χ0) is 14.5. The lowest BCUT2D eigenvalue weighted by molar-refractivity contribution is 0.0950. The molecule has 1 amide bonds. The molecule has 0 unspecified atom stereocenters. The Morgan fingerprint density at radius 1 is 1.30 bits per heavy atom. The summed E-state index contributed by atoms with van der Waals surface area (Å²) in [6.07, 6.45) is 0. The number of ether oxygens (including phenoxy) is 1. The number of para-hydroxylation sites is 1. The van der Waals surface area contributed by atoms with E-state index in [9.17, 15) is 9.90 Å². The SMILES string of the molecule is COc1ccc(C(=O)NCc2ccccc2O)cc1Br. The molecule has 0 saturated carbocycles. The molecule has 2 aromatic rings. The summed E-state index contributed by atoms with van der Waals surface area (Å²) in [4.78, 5) is 12.0. The smallest absolute Gasteiger partial charge is 0.251 e. The number of phenols is 1. The van der Waals surface area contributed by atoms with E-state index >= 15 is 0 Å². The summed E-state index contributed by atoms with van der Waals surface area (Å²) in [6.45, 7) is 0.273. The first-order chi connectivity index (χ1) is 9.61. The van der Waals surface area contributed by atoms with E-state index in [4.69, 9.17) is 4.74 Å². The molecule has 2 rings (SSSR count). The number of carbonyl (C=O) groups excluding carboxylic acids is 1. The predicted octanol–water partition coefficient (Wildman–Crippen LogP) is 3.09. The van der Waals surface area contributed by atoms with Crippen molar-refractivity contribution in [2.24, 2.45) is 0 Å². The van der Waals surface area contributed by atoms with Crippen LogP contribution in [-0.4, -0.2) is 18.1 Å². The molecule has 20 heavy (non-hydrogen) atoms. The van der Waals surface area contributed by atoms with Crippen LogP contribution in [0.4, 0.5) is 0 Å². The molecule has 104 valence electrons. The molecule has 0 fully saturated rings. The van der Waals surface area contributed by atoms with E-state index in [1.807, 2.05) is 6.07 Å². The minimum atomic E-state index is -0.211. The summed E-state index contributed by atoms with van der Waals surface area (Å²) in [6, 6.07) is 12.0. The maximum atomic E-state index is 12.0. The number of carbonyl (C=O) groups is 1. The van der Waals surface area contributed by atoms with E-state index in [2.05, 4.69) is 21.2 Å². The molecule has 5 heteroatoms. The molecule has 0 saturated heterocycles. The summed E-state index contributed by atoms with van der Waals surface area (Å²) in [7, 11) is 1.57. The van der Waals surface area contributed by atoms with Crippen molar-refractivity contribution in [3.05, 3.63) is 58.1 Å². The maximum absolute atomic E-state index is 12.0. The van der Waals surface area contributed by atoms with Crippen LogP contribution in [-0.2, 0) is 6.54 Å². The van der Waals surface area contributed by atoms with Crippen molar-refractivity contribution < 1.29 is 14.6 Å². The molecule has 0 aliphatic rings. The standard InChI is InChI=1S/C15H14BrNO3/c1-20-14-7-6-10(8-12(14)16)15(19)17-9-11-4-2-3-5-13(11)18/h2-8,18H,9H2,1H3,(H,17,19). The first kappa shape index (κ1) is 14.4. The minimum absolute atomic E-state index is 0.170. The van der Waals surface area contributed by atoms with Crippen LogP contribution in [0, 0.1) is 0 Å². The van der Waals surface area contributed by atoms with Gasteiger partial charge in [0, 0.05) is 17.7 Å². The van der Waals surface area contributed by atoms with Gasteiger partial charge < -0.3 is 15.2 Å². The van der Waals surface area contributed by atoms with Gasteiger partial charge in [-0.05, 0) is 40.2 Å². The molecule has 0 aliphatic heterocycles. The number of benzene rings is 2. The highest BCUT2D eigenvalue weighted by Crippen LogP contribution is 2.25. The van der Waals surface area contributed by atoms with Crippen LogP contribution in [0.1, 0.15) is 15.9 Å². The van der Waals surface area contributed by atoms with Gasteiger partial charge in [-0.3, -0.25) is 4.79 Å². The number of rotatable bonds is 4. The Labute approximate surface area is 125 Å². The predicted molar refractivity (Wildman–Crippen MR) is 80.0 cm³/mol. The number of amides is 1. The zero-order valence-corrected chi connectivity index (χ0v) is 12.5. The number of methoxy groups -OCH3 is 1. The minimum Gasteiger partial charge on any atom is -0.508 e. The topological polar surface area (TPSA) is 58.6 Å². The second-order valence-corrected chi connectivity index (χ2v) is 5.02. The van der Waals surface area contributed by atoms with Crippen LogP contribution in [0.5, 0.6) is 11.5 Å². The molecule has 0 radical (unpaired) electrons. The molecule has 2 aromatic carbocycles. The van der Waals surface area contributed by atoms with Gasteiger partial charge in [-0.15, -0.1) is 0 Å². The van der Waals surface area contributed by atoms with E-state index in [1.165, 1.54) is 0 Å². The van der Waals surface area contributed by atoms with Crippen LogP contribution in [0.25, 0.3) is 0 Å². The molecule has 2 N–H and O–H groups in total. The van der Waals surface area contributed by atoms with Crippen molar-refractivity contribution in [3.63, 3.8) is 0 Å². The highest BCUT2D eigenvalue weighted by atomic mass is 79.9. The number of phenolic OH excluding ortho intramolecular Hbond substituents is 1. The van der Waals surface area contributed by atoms with Gasteiger partial charge in [0.15, 0.2) is 0 Å². The summed E-state index contributed by atoms with van der Waals surface area (Å²) in [5.41, 5.74) is 1.20. The van der Waals surface area contributed by atoms with E-state index in [0.29, 0.717) is 16.9 Å². The summed E-state index contributed by atoms with van der Waals surface area (Å²) >= 11 is 3.34. The van der Waals surface area contributed by atoms with Crippen LogP contribution in [0.2, 0.25) is 0 Å². The summed E-state index contributed by atoms with van der Waals surface area (Å²) in [5.74, 6) is 0.627. The number of nitrogens with one attached hydrogen (secondary N) is 1. The summed E-state index contributed by atoms with van der Waals surface area (Å²) < 4.78 is 5.83. The van der Waals surface area contributed by atoms with Gasteiger partial charge in [-0.25, -0.2) is 0 Å². The third-order valence-electron chi connectivity index (χ3n) is 2.84. The molecular weight excluding hydrogens is 322 g/mol. The fourth-order valence-electron chi connectivity index (χ4n) is 1.75. The van der Waals surface area contributed by atoms with E-state index in [0.717, 1.165) is 4.47 Å². The first-order valence-electron chi connectivity index (χ1n) is 6.00. The van der Waals surface area contributed by atoms with Crippen molar-refractivity contribution in [2.45, 2.75) is 6.54 Å². The number of hydrogen-bond acceptors (Lipinski definition) is 3. The fraction of sp³-hybridized carbons (Fsp3) is 0.133. The van der Waals surface area contributed by atoms with Gasteiger partial charge >= 0.3 is 0 Å². The van der Waals surface area contributed by atoms with Crippen LogP contribution < -0.4 is 10.1 Å². The van der Waals surface area contributed by atoms with E-state index in [1.54, 1.807) is 43.5 Å². The molecule has 0 aromatic heterocycles. The van der Waals surface area contributed by atoms with E-state index < -0.39 is 0 Å². The molecule has 0 spiro atoms. The van der Waals surface area contributed by atoms with Crippen molar-refractivity contribution >= 4 is 21.8 Å². The van der Waals surface area contributed by atoms with Crippen molar-refractivity contribution in [1.82, 2.24) is 5.32 Å². The third kappa shape index (κ3) is 3.30. The monoisotopic (exact) mass is 335 g/mol. The average Bonchev–Trinajstić information content (AvgIpc) is 2.46. The Morgan fingerprint density at radius 3 is 2.70 bits per heavy atom. The molecule has 4 nitrogen and oxygen atoms in total. The fourth-order valence-corrected chi connectivity index (χ4v) is 2.29. The normalized spacial score (nSPS) is 10.1. The lowest BCUT2D eigenvalue weighted by Crippen LogP contribution is -2.22. The Bertz CT molecular complexity index is 628. The molecule has 0 atom stereocenters. The average molecular weight is 336 g/mol. The highest BCUT2D eigenvalue weighted by molar-refractivity contribution is 9.10. The third-order valence-corrected chi connectivity index (χ3v) is 3.46. The van der Waals surface area contributed by atoms with E-state index in [-0.39, 0.29) is 18.2 Å². The highest BCUT2D eigenvalue weighted by Gasteiger charge is 2.09. The molecule has 0 heterocycles. The maximum Gasteiger partial charge on any atom is 0.251 e. The number of aromatic hydroxyl groups is 1. The molecular formula is C15H14BrNO3. The van der Waals surface area contributed by atoms with Crippen LogP contribution in [0.15, 0.2) is 46.9 Å². The van der Waals surface area contributed by atoms with Gasteiger partial charge in [0.2, 0.25) is 0 Å². The van der Waals surface area contributed by atoms with Gasteiger partial charge in [0.1, 0.15) is 11.5 Å². The number of halogens is 1. The second-order valence-electron chi connectivity index (χ2n) is 4.16. The van der Waals surface area contributed by atoms with Crippen molar-refractivity contribution in [2.75, 3.05) is 7.11 Å². The van der Waals surface area contributed by atoms with Gasteiger partial charge in [-0.1, -0.05) is 18.2 Å². The quantitative estimate of drug-likeness (QED) is 0.902. The summed E-state index contributed by atoms with van der Waals surface area (Å²) in [5, 5.41) is 12.4. The molecule has 0 bridgehead atoms. The second kappa shape index (κ2) is 6.43. The lowest BCUT2D eigenvalue weighted by atomic mass is 10.1. The van der Waals surface area contributed by atoms with Gasteiger partial charge in [-0.2, -0.15) is 0 Å². The first-order valence-corrected chi connectivity index (χ1v) is 6.79. The Balaban J connectivity index is 2.05. The number of hydrogen-bond donors (Lipinski definition) is 2. The molecule has 0 aliphatic carbocycles. The lowest BCUT2D eigenvalue weighted by Gasteiger charge is -2.08. The van der Waals surface area contributed by atoms with Crippen LogP contribution in [0.3, 0.4) is 0 Å². The van der Waals surface area contributed by atoms with Gasteiger partial charge in [0.05, 0.1) is 11.6 Å². The van der Waals surface area contributed by atoms with Crippen LogP contribution >= 0.6 is 15.9 Å².